The summed E-state index contributed by atoms with van der Waals surface area (Å²) in [6, 6.07) is 17.0. The Bertz CT molecular complexity index is 1270. The Kier molecular flexibility index (Phi) is 8.01. The number of sulfonamides is 1. The fraction of sp³-hybridized carbons (Fsp3) is 0.200. The van der Waals surface area contributed by atoms with Gasteiger partial charge < -0.3 is 10.6 Å². The lowest BCUT2D eigenvalue weighted by Gasteiger charge is -2.12. The van der Waals surface area contributed by atoms with E-state index in [0.717, 1.165) is 5.56 Å². The molecule has 0 bridgehead atoms. The second-order valence-electron chi connectivity index (χ2n) is 7.86. The molecule has 2 amide bonds. The van der Waals surface area contributed by atoms with Crippen molar-refractivity contribution in [2.24, 2.45) is 0 Å². The van der Waals surface area contributed by atoms with Gasteiger partial charge in [0.15, 0.2) is 0 Å². The minimum absolute atomic E-state index is 0.119. The molecule has 3 aromatic carbocycles. The number of carbonyl (C=O) groups excluding carboxylic acids is 2. The van der Waals surface area contributed by atoms with Crippen LogP contribution in [-0.4, -0.2) is 33.3 Å². The Labute approximate surface area is 198 Å². The molecule has 0 atom stereocenters. The first-order valence-corrected chi connectivity index (χ1v) is 12.1. The molecule has 0 aliphatic carbocycles. The normalized spacial score (nSPS) is 11.0. The van der Waals surface area contributed by atoms with Crippen LogP contribution in [0.1, 0.15) is 27.0 Å². The van der Waals surface area contributed by atoms with Crippen LogP contribution in [0, 0.1) is 19.7 Å². The molecule has 3 rings (SSSR count). The maximum Gasteiger partial charge on any atom is 0.262 e. The third kappa shape index (κ3) is 6.89. The molecule has 0 radical (unpaired) electrons. The van der Waals surface area contributed by atoms with Crippen LogP contribution < -0.4 is 15.4 Å². The Balaban J connectivity index is 1.47. The molecule has 3 N–H and O–H groups in total. The molecule has 0 saturated carbocycles. The topological polar surface area (TPSA) is 104 Å². The predicted octanol–water partition coefficient (Wildman–Crippen LogP) is 3.33. The van der Waals surface area contributed by atoms with Crippen molar-refractivity contribution in [3.63, 3.8) is 0 Å². The van der Waals surface area contributed by atoms with Crippen molar-refractivity contribution in [2.75, 3.05) is 17.8 Å². The van der Waals surface area contributed by atoms with Crippen LogP contribution in [0.4, 0.5) is 10.1 Å². The first-order valence-electron chi connectivity index (χ1n) is 10.6. The summed E-state index contributed by atoms with van der Waals surface area (Å²) >= 11 is 0. The second kappa shape index (κ2) is 10.9. The van der Waals surface area contributed by atoms with E-state index in [4.69, 9.17) is 0 Å². The molecule has 178 valence electrons. The van der Waals surface area contributed by atoms with Gasteiger partial charge in [-0.2, -0.15) is 0 Å². The molecule has 0 aliphatic heterocycles. The fourth-order valence-corrected chi connectivity index (χ4v) is 4.62. The van der Waals surface area contributed by atoms with Crippen LogP contribution in [0.25, 0.3) is 0 Å². The molecular weight excluding hydrogens is 457 g/mol. The number of halogens is 1. The number of amides is 2. The SMILES string of the molecule is Cc1ccc(C)c(S(=O)(=O)Nc2ccc(C(=O)NCCNC(=O)Cc3ccc(F)cc3)cc2)c1. The molecule has 0 spiro atoms. The molecule has 7 nitrogen and oxygen atoms in total. The number of carbonyl (C=O) groups is 2. The summed E-state index contributed by atoms with van der Waals surface area (Å²) in [5.74, 6) is -0.947. The summed E-state index contributed by atoms with van der Waals surface area (Å²) in [6.45, 7) is 4.00. The van der Waals surface area contributed by atoms with Crippen LogP contribution >= 0.6 is 0 Å². The van der Waals surface area contributed by atoms with E-state index in [0.29, 0.717) is 22.4 Å². The van der Waals surface area contributed by atoms with Gasteiger partial charge in [-0.3, -0.25) is 14.3 Å². The zero-order valence-electron chi connectivity index (χ0n) is 18.9. The molecule has 0 aliphatic rings. The smallest absolute Gasteiger partial charge is 0.262 e. The van der Waals surface area contributed by atoms with E-state index in [1.165, 1.54) is 36.4 Å². The third-order valence-electron chi connectivity index (χ3n) is 5.04. The van der Waals surface area contributed by atoms with Crippen molar-refractivity contribution in [3.05, 3.63) is 94.8 Å². The Morgan fingerprint density at radius 3 is 2.18 bits per heavy atom. The van der Waals surface area contributed by atoms with Gasteiger partial charge in [0.1, 0.15) is 5.82 Å². The average molecular weight is 484 g/mol. The van der Waals surface area contributed by atoms with E-state index in [1.54, 1.807) is 31.2 Å². The number of nitrogens with one attached hydrogen (secondary N) is 3. The number of anilines is 1. The molecule has 9 heteroatoms. The van der Waals surface area contributed by atoms with Crippen LogP contribution in [0.5, 0.6) is 0 Å². The highest BCUT2D eigenvalue weighted by Crippen LogP contribution is 2.21. The van der Waals surface area contributed by atoms with Crippen LogP contribution in [0.2, 0.25) is 0 Å². The van der Waals surface area contributed by atoms with Crippen molar-refractivity contribution in [3.8, 4) is 0 Å². The van der Waals surface area contributed by atoms with Gasteiger partial charge in [0.2, 0.25) is 5.91 Å². The first-order chi connectivity index (χ1) is 16.1. The van der Waals surface area contributed by atoms with Crippen molar-refractivity contribution in [2.45, 2.75) is 25.2 Å². The molecule has 34 heavy (non-hydrogen) atoms. The third-order valence-corrected chi connectivity index (χ3v) is 6.57. The standard InChI is InChI=1S/C25H26FN3O4S/c1-17-3-4-18(2)23(15-17)34(32,33)29-22-11-7-20(8-12-22)25(31)28-14-13-27-24(30)16-19-5-9-21(26)10-6-19/h3-12,15,29H,13-14,16H2,1-2H3,(H,27,30)(H,28,31). The van der Waals surface area contributed by atoms with Crippen molar-refractivity contribution >= 4 is 27.5 Å². The Morgan fingerprint density at radius 2 is 1.50 bits per heavy atom. The molecule has 0 unspecified atom stereocenters. The van der Waals surface area contributed by atoms with Gasteiger partial charge in [-0.1, -0.05) is 24.3 Å². The monoisotopic (exact) mass is 483 g/mol. The maximum absolute atomic E-state index is 12.9. The molecule has 0 heterocycles. The van der Waals surface area contributed by atoms with E-state index < -0.39 is 10.0 Å². The summed E-state index contributed by atoms with van der Waals surface area (Å²) in [5, 5.41) is 5.38. The van der Waals surface area contributed by atoms with Gasteiger partial charge in [-0.15, -0.1) is 0 Å². The van der Waals surface area contributed by atoms with Gasteiger partial charge in [0.05, 0.1) is 11.3 Å². The van der Waals surface area contributed by atoms with Gasteiger partial charge in [-0.05, 0) is 73.0 Å². The van der Waals surface area contributed by atoms with Crippen LogP contribution in [-0.2, 0) is 21.2 Å². The Hall–Kier alpha value is -3.72. The molecular formula is C25H26FN3O4S. The molecule has 0 fully saturated rings. The lowest BCUT2D eigenvalue weighted by molar-refractivity contribution is -0.120. The van der Waals surface area contributed by atoms with Crippen molar-refractivity contribution in [1.82, 2.24) is 10.6 Å². The summed E-state index contributed by atoms with van der Waals surface area (Å²) in [6.07, 6.45) is 0.119. The summed E-state index contributed by atoms with van der Waals surface area (Å²) in [4.78, 5) is 24.5. The van der Waals surface area contributed by atoms with E-state index in [9.17, 15) is 22.4 Å². The number of benzene rings is 3. The number of hydrogen-bond acceptors (Lipinski definition) is 4. The molecule has 0 aromatic heterocycles. The van der Waals surface area contributed by atoms with Gasteiger partial charge >= 0.3 is 0 Å². The van der Waals surface area contributed by atoms with Crippen LogP contribution in [0.15, 0.2) is 71.6 Å². The van der Waals surface area contributed by atoms with E-state index in [2.05, 4.69) is 15.4 Å². The van der Waals surface area contributed by atoms with Crippen LogP contribution in [0.3, 0.4) is 0 Å². The summed E-state index contributed by atoms with van der Waals surface area (Å²) in [5.41, 5.74) is 2.86. The van der Waals surface area contributed by atoms with E-state index >= 15 is 0 Å². The summed E-state index contributed by atoms with van der Waals surface area (Å²) in [7, 11) is -3.76. The quantitative estimate of drug-likeness (QED) is 0.406. The minimum atomic E-state index is -3.76. The van der Waals surface area contributed by atoms with E-state index in [-0.39, 0.29) is 42.0 Å². The molecule has 0 saturated heterocycles. The second-order valence-corrected chi connectivity index (χ2v) is 9.51. The number of rotatable bonds is 9. The fourth-order valence-electron chi connectivity index (χ4n) is 3.23. The largest absolute Gasteiger partial charge is 0.354 e. The highest BCUT2D eigenvalue weighted by Gasteiger charge is 2.17. The highest BCUT2D eigenvalue weighted by atomic mass is 32.2. The van der Waals surface area contributed by atoms with Gasteiger partial charge in [0, 0.05) is 24.3 Å². The van der Waals surface area contributed by atoms with Crippen molar-refractivity contribution in [1.29, 1.82) is 0 Å². The lowest BCUT2D eigenvalue weighted by Crippen LogP contribution is -2.35. The predicted molar refractivity (Wildman–Crippen MR) is 129 cm³/mol. The summed E-state index contributed by atoms with van der Waals surface area (Å²) < 4.78 is 40.9. The number of aryl methyl sites for hydroxylation is 2. The maximum atomic E-state index is 12.9. The zero-order chi connectivity index (χ0) is 24.7. The highest BCUT2D eigenvalue weighted by molar-refractivity contribution is 7.92. The van der Waals surface area contributed by atoms with Gasteiger partial charge in [-0.25, -0.2) is 12.8 Å². The first kappa shape index (κ1) is 24.9. The lowest BCUT2D eigenvalue weighted by atomic mass is 10.1. The Morgan fingerprint density at radius 1 is 0.853 bits per heavy atom. The zero-order valence-corrected chi connectivity index (χ0v) is 19.7. The van der Waals surface area contributed by atoms with E-state index in [1.807, 2.05) is 13.0 Å². The van der Waals surface area contributed by atoms with Crippen molar-refractivity contribution < 1.29 is 22.4 Å². The average Bonchev–Trinajstić information content (AvgIpc) is 2.80. The minimum Gasteiger partial charge on any atom is -0.354 e. The number of hydrogen-bond donors (Lipinski definition) is 3. The molecule has 3 aromatic rings. The van der Waals surface area contributed by atoms with Gasteiger partial charge in [0.25, 0.3) is 15.9 Å².